The lowest BCUT2D eigenvalue weighted by molar-refractivity contribution is 0.0492. The first-order valence-corrected chi connectivity index (χ1v) is 15.6. The number of amides is 2. The van der Waals surface area contributed by atoms with Crippen LogP contribution in [0.1, 0.15) is 84.0 Å². The van der Waals surface area contributed by atoms with Crippen LogP contribution in [-0.4, -0.2) is 60.2 Å². The maximum Gasteiger partial charge on any atom is 0.407 e. The molecule has 2 aromatic rings. The maximum atomic E-state index is 13.3. The number of ether oxygens (including phenoxy) is 1. The van der Waals surface area contributed by atoms with E-state index in [4.69, 9.17) is 4.74 Å². The largest absolute Gasteiger partial charge is 0.444 e. The van der Waals surface area contributed by atoms with Crippen molar-refractivity contribution in [3.05, 3.63) is 42.1 Å². The van der Waals surface area contributed by atoms with Gasteiger partial charge in [-0.1, -0.05) is 13.0 Å². The van der Waals surface area contributed by atoms with Crippen molar-refractivity contribution >= 4 is 33.7 Å². The summed E-state index contributed by atoms with van der Waals surface area (Å²) in [6, 6.07) is 7.94. The van der Waals surface area contributed by atoms with Crippen molar-refractivity contribution in [2.75, 3.05) is 16.8 Å². The van der Waals surface area contributed by atoms with Gasteiger partial charge in [-0.15, -0.1) is 0 Å². The number of alkyl carbamates (subject to hydrolysis) is 1. The molecule has 0 bridgehead atoms. The fourth-order valence-corrected chi connectivity index (χ4v) is 6.62. The molecule has 2 fully saturated rings. The van der Waals surface area contributed by atoms with Gasteiger partial charge in [0.25, 0.3) is 15.9 Å². The molecule has 12 heteroatoms. The fourth-order valence-electron chi connectivity index (χ4n) is 5.69. The molecule has 1 unspecified atom stereocenters. The molecule has 3 heterocycles. The van der Waals surface area contributed by atoms with Gasteiger partial charge in [0, 0.05) is 30.4 Å². The topological polar surface area (TPSA) is 143 Å². The number of pyridine rings is 2. The number of sulfonamides is 1. The van der Waals surface area contributed by atoms with Crippen LogP contribution in [0.15, 0.2) is 41.6 Å². The van der Waals surface area contributed by atoms with Gasteiger partial charge < -0.3 is 20.3 Å². The van der Waals surface area contributed by atoms with E-state index >= 15 is 0 Å². The van der Waals surface area contributed by atoms with E-state index in [0.29, 0.717) is 17.6 Å². The summed E-state index contributed by atoms with van der Waals surface area (Å²) < 4.78 is 33.9. The summed E-state index contributed by atoms with van der Waals surface area (Å²) in [6.45, 7) is 12.5. The zero-order valence-electron chi connectivity index (χ0n) is 24.7. The first kappa shape index (κ1) is 30.5. The normalized spacial score (nSPS) is 22.6. The summed E-state index contributed by atoms with van der Waals surface area (Å²) in [4.78, 5) is 36.1. The lowest BCUT2D eigenvalue weighted by Gasteiger charge is -2.33. The molecule has 2 amide bonds. The zero-order chi connectivity index (χ0) is 30.0. The van der Waals surface area contributed by atoms with Crippen LogP contribution in [0.25, 0.3) is 0 Å². The lowest BCUT2D eigenvalue weighted by atomic mass is 9.91. The number of hydrogen-bond donors (Lipinski definition) is 3. The highest BCUT2D eigenvalue weighted by Gasteiger charge is 2.39. The van der Waals surface area contributed by atoms with Crippen molar-refractivity contribution in [1.82, 2.24) is 20.0 Å². The Morgan fingerprint density at radius 2 is 1.73 bits per heavy atom. The molecule has 0 spiro atoms. The van der Waals surface area contributed by atoms with Crippen molar-refractivity contribution in [3.8, 4) is 0 Å². The molecule has 0 aromatic carbocycles. The van der Waals surface area contributed by atoms with Gasteiger partial charge in [-0.05, 0) is 96.9 Å². The third-order valence-corrected chi connectivity index (χ3v) is 8.62. The Morgan fingerprint density at radius 3 is 2.37 bits per heavy atom. The highest BCUT2D eigenvalue weighted by molar-refractivity contribution is 7.90. The maximum absolute atomic E-state index is 13.3. The van der Waals surface area contributed by atoms with Gasteiger partial charge in [-0.2, -0.15) is 8.42 Å². The molecule has 0 radical (unpaired) electrons. The number of nitrogens with zero attached hydrogens (tertiary/aromatic N) is 3. The van der Waals surface area contributed by atoms with Crippen molar-refractivity contribution in [2.24, 2.45) is 5.92 Å². The Morgan fingerprint density at radius 1 is 1.05 bits per heavy atom. The van der Waals surface area contributed by atoms with E-state index in [2.05, 4.69) is 51.0 Å². The second-order valence-electron chi connectivity index (χ2n) is 12.7. The van der Waals surface area contributed by atoms with Gasteiger partial charge in [0.2, 0.25) is 0 Å². The van der Waals surface area contributed by atoms with Crippen molar-refractivity contribution in [1.29, 1.82) is 0 Å². The van der Waals surface area contributed by atoms with Gasteiger partial charge in [0.1, 0.15) is 17.2 Å². The number of anilines is 2. The summed E-state index contributed by atoms with van der Waals surface area (Å²) in [6.07, 6.45) is 5.17. The molecular weight excluding hydrogens is 544 g/mol. The smallest absolute Gasteiger partial charge is 0.407 e. The number of carbonyl (C=O) groups excluding carboxylic acids is 2. The molecular formula is C29H42N6O5S. The lowest BCUT2D eigenvalue weighted by Crippen LogP contribution is -2.42. The molecule has 1 atom stereocenters. The second-order valence-corrected chi connectivity index (χ2v) is 14.4. The van der Waals surface area contributed by atoms with Gasteiger partial charge in [-0.25, -0.2) is 19.5 Å². The Kier molecular flexibility index (Phi) is 8.81. The van der Waals surface area contributed by atoms with Crippen LogP contribution >= 0.6 is 0 Å². The van der Waals surface area contributed by atoms with E-state index in [1.54, 1.807) is 30.5 Å². The SMILES string of the molecule is CC1CN(c2ncccc2C(=O)NS(=O)(=O)c2cccc(NC3CCC(NC(=O)OC(C)(C)C)CC3)n2)C(C)(C)C1. The van der Waals surface area contributed by atoms with Gasteiger partial charge >= 0.3 is 6.09 Å². The van der Waals surface area contributed by atoms with Crippen LogP contribution in [0.5, 0.6) is 0 Å². The molecule has 2 aromatic heterocycles. The summed E-state index contributed by atoms with van der Waals surface area (Å²) >= 11 is 0. The molecule has 1 saturated carbocycles. The quantitative estimate of drug-likeness (QED) is 0.428. The zero-order valence-corrected chi connectivity index (χ0v) is 25.5. The van der Waals surface area contributed by atoms with Crippen LogP contribution < -0.4 is 20.3 Å². The van der Waals surface area contributed by atoms with E-state index in [-0.39, 0.29) is 28.2 Å². The third kappa shape index (κ3) is 7.87. The first-order valence-electron chi connectivity index (χ1n) is 14.2. The highest BCUT2D eigenvalue weighted by atomic mass is 32.2. The van der Waals surface area contributed by atoms with Crippen LogP contribution in [0, 0.1) is 5.92 Å². The minimum atomic E-state index is -4.25. The van der Waals surface area contributed by atoms with Gasteiger partial charge in [0.15, 0.2) is 5.03 Å². The number of aromatic nitrogens is 2. The Hall–Kier alpha value is -3.41. The molecule has 1 saturated heterocycles. The predicted molar refractivity (Wildman–Crippen MR) is 157 cm³/mol. The number of carbonyl (C=O) groups is 2. The monoisotopic (exact) mass is 586 g/mol. The van der Waals surface area contributed by atoms with E-state index in [0.717, 1.165) is 38.6 Å². The van der Waals surface area contributed by atoms with Gasteiger partial charge in [0.05, 0.1) is 5.56 Å². The third-order valence-electron chi connectivity index (χ3n) is 7.39. The minimum absolute atomic E-state index is 0.0181. The first-order chi connectivity index (χ1) is 19.1. The summed E-state index contributed by atoms with van der Waals surface area (Å²) in [7, 11) is -4.25. The van der Waals surface area contributed by atoms with E-state index in [9.17, 15) is 18.0 Å². The molecule has 2 aliphatic rings. The Bertz CT molecular complexity index is 1370. The number of hydrogen-bond acceptors (Lipinski definition) is 9. The van der Waals surface area contributed by atoms with Crippen molar-refractivity contribution < 1.29 is 22.7 Å². The second kappa shape index (κ2) is 11.8. The molecule has 224 valence electrons. The molecule has 41 heavy (non-hydrogen) atoms. The van der Waals surface area contributed by atoms with Crippen LogP contribution in [0.2, 0.25) is 0 Å². The van der Waals surface area contributed by atoms with Gasteiger partial charge in [-0.3, -0.25) is 4.79 Å². The summed E-state index contributed by atoms with van der Waals surface area (Å²) in [5.74, 6) is 0.537. The van der Waals surface area contributed by atoms with Crippen LogP contribution in [-0.2, 0) is 14.8 Å². The Labute approximate surface area is 242 Å². The number of nitrogens with one attached hydrogen (secondary N) is 3. The molecule has 11 nitrogen and oxygen atoms in total. The number of rotatable bonds is 7. The van der Waals surface area contributed by atoms with E-state index in [1.165, 1.54) is 6.07 Å². The summed E-state index contributed by atoms with van der Waals surface area (Å²) in [5.41, 5.74) is -0.568. The van der Waals surface area contributed by atoms with Crippen LogP contribution in [0.3, 0.4) is 0 Å². The Balaban J connectivity index is 1.39. The molecule has 1 aliphatic heterocycles. The fraction of sp³-hybridized carbons (Fsp3) is 0.586. The predicted octanol–water partition coefficient (Wildman–Crippen LogP) is 4.47. The van der Waals surface area contributed by atoms with Crippen molar-refractivity contribution in [3.63, 3.8) is 0 Å². The molecule has 4 rings (SSSR count). The van der Waals surface area contributed by atoms with E-state index in [1.807, 2.05) is 20.8 Å². The standard InChI is InChI=1S/C29H42N6O5S/c1-19-17-29(5,6)35(18-19)25-22(9-8-16-30-25)26(36)34-41(38,39)24-11-7-10-23(33-24)31-20-12-14-21(15-13-20)32-27(37)40-28(2,3)4/h7-11,16,19-21H,12-15,17-18H2,1-6H3,(H,31,33)(H,32,37)(H,34,36). The molecule has 1 aliphatic carbocycles. The van der Waals surface area contributed by atoms with Crippen molar-refractivity contribution in [2.45, 2.75) is 102 Å². The molecule has 3 N–H and O–H groups in total. The minimum Gasteiger partial charge on any atom is -0.444 e. The average Bonchev–Trinajstić information content (AvgIpc) is 3.15. The highest BCUT2D eigenvalue weighted by Crippen LogP contribution is 2.37. The average molecular weight is 587 g/mol. The summed E-state index contributed by atoms with van der Waals surface area (Å²) in [5, 5.41) is 5.97. The van der Waals surface area contributed by atoms with Crippen LogP contribution in [0.4, 0.5) is 16.4 Å². The van der Waals surface area contributed by atoms with E-state index < -0.39 is 27.6 Å².